The summed E-state index contributed by atoms with van der Waals surface area (Å²) in [7, 11) is 0. The van der Waals surface area contributed by atoms with Crippen LogP contribution in [0, 0.1) is 5.92 Å². The summed E-state index contributed by atoms with van der Waals surface area (Å²) >= 11 is 0. The van der Waals surface area contributed by atoms with E-state index in [-0.39, 0.29) is 0 Å². The van der Waals surface area contributed by atoms with E-state index in [4.69, 9.17) is 0 Å². The molecule has 2 heterocycles. The first-order valence-corrected chi connectivity index (χ1v) is 7.14. The van der Waals surface area contributed by atoms with Gasteiger partial charge in [-0.25, -0.2) is 0 Å². The van der Waals surface area contributed by atoms with Crippen molar-refractivity contribution in [3.8, 4) is 0 Å². The van der Waals surface area contributed by atoms with Crippen LogP contribution >= 0.6 is 0 Å². The summed E-state index contributed by atoms with van der Waals surface area (Å²) < 4.78 is 37.5. The second-order valence-corrected chi connectivity index (χ2v) is 5.85. The fraction of sp³-hybridized carbons (Fsp3) is 0.600. The first-order chi connectivity index (χ1) is 9.52. The monoisotopic (exact) mass is 284 g/mol. The molecule has 2 aliphatic heterocycles. The van der Waals surface area contributed by atoms with E-state index in [2.05, 4.69) is 10.2 Å². The van der Waals surface area contributed by atoms with Crippen LogP contribution in [0.2, 0.25) is 0 Å². The first-order valence-electron chi connectivity index (χ1n) is 7.14. The van der Waals surface area contributed by atoms with E-state index < -0.39 is 11.7 Å². The number of halogens is 3. The van der Waals surface area contributed by atoms with Crippen molar-refractivity contribution in [1.82, 2.24) is 10.2 Å². The predicted octanol–water partition coefficient (Wildman–Crippen LogP) is 2.89. The fourth-order valence-electron chi connectivity index (χ4n) is 3.32. The summed E-state index contributed by atoms with van der Waals surface area (Å²) in [6.45, 7) is 3.90. The van der Waals surface area contributed by atoms with Crippen molar-refractivity contribution >= 4 is 0 Å². The molecule has 2 saturated heterocycles. The molecule has 0 saturated carbocycles. The molecule has 0 aromatic heterocycles. The van der Waals surface area contributed by atoms with Gasteiger partial charge in [0.1, 0.15) is 0 Å². The normalized spacial score (nSPS) is 27.6. The minimum atomic E-state index is -4.25. The van der Waals surface area contributed by atoms with E-state index in [0.29, 0.717) is 12.0 Å². The van der Waals surface area contributed by atoms with Crippen LogP contribution in [0.4, 0.5) is 13.2 Å². The van der Waals surface area contributed by atoms with Crippen molar-refractivity contribution in [2.24, 2.45) is 5.92 Å². The van der Waals surface area contributed by atoms with Crippen molar-refractivity contribution in [3.05, 3.63) is 35.4 Å². The zero-order valence-electron chi connectivity index (χ0n) is 11.3. The smallest absolute Gasteiger partial charge is 0.312 e. The molecule has 2 unspecified atom stereocenters. The lowest BCUT2D eigenvalue weighted by Gasteiger charge is -2.24. The Morgan fingerprint density at radius 2 is 1.90 bits per heavy atom. The Morgan fingerprint density at radius 1 is 1.15 bits per heavy atom. The molecule has 0 spiro atoms. The number of fused-ring (bicyclic) bond motifs is 1. The van der Waals surface area contributed by atoms with Gasteiger partial charge < -0.3 is 5.32 Å². The molecule has 2 atom stereocenters. The minimum Gasteiger partial charge on any atom is -0.312 e. The number of nitrogens with zero attached hydrogens (tertiary/aromatic N) is 1. The summed E-state index contributed by atoms with van der Waals surface area (Å²) in [4.78, 5) is 2.34. The Labute approximate surface area is 117 Å². The molecule has 0 radical (unpaired) electrons. The summed E-state index contributed by atoms with van der Waals surface area (Å²) in [5.74, 6) is 0.707. The molecule has 2 aliphatic rings. The highest BCUT2D eigenvalue weighted by molar-refractivity contribution is 5.24. The second kappa shape index (κ2) is 5.37. The maximum absolute atomic E-state index is 12.5. The van der Waals surface area contributed by atoms with Gasteiger partial charge in [-0.2, -0.15) is 13.2 Å². The second-order valence-electron chi connectivity index (χ2n) is 5.85. The van der Waals surface area contributed by atoms with E-state index in [1.54, 1.807) is 12.1 Å². The molecule has 0 amide bonds. The summed E-state index contributed by atoms with van der Waals surface area (Å²) in [6, 6.07) is 6.11. The summed E-state index contributed by atoms with van der Waals surface area (Å²) in [5, 5.41) is 3.54. The van der Waals surface area contributed by atoms with Crippen LogP contribution < -0.4 is 5.32 Å². The van der Waals surface area contributed by atoms with Gasteiger partial charge in [0.25, 0.3) is 0 Å². The van der Waals surface area contributed by atoms with Crippen molar-refractivity contribution in [2.45, 2.75) is 31.6 Å². The Morgan fingerprint density at radius 3 is 2.55 bits per heavy atom. The molecule has 0 aliphatic carbocycles. The van der Waals surface area contributed by atoms with Gasteiger partial charge >= 0.3 is 6.18 Å². The van der Waals surface area contributed by atoms with Crippen LogP contribution in [0.5, 0.6) is 0 Å². The maximum Gasteiger partial charge on any atom is 0.416 e. The van der Waals surface area contributed by atoms with Crippen molar-refractivity contribution < 1.29 is 13.2 Å². The third kappa shape index (κ3) is 2.99. The molecule has 2 nitrogen and oxygen atoms in total. The highest BCUT2D eigenvalue weighted by Crippen LogP contribution is 2.30. The maximum atomic E-state index is 12.5. The SMILES string of the molecule is FC(F)(F)c1ccc(CN2CC3CCCNC3C2)cc1. The van der Waals surface area contributed by atoms with Crippen LogP contribution in [0.25, 0.3) is 0 Å². The average molecular weight is 284 g/mol. The Bertz CT molecular complexity index is 441. The number of nitrogens with one attached hydrogen (secondary N) is 1. The molecular weight excluding hydrogens is 265 g/mol. The molecule has 1 N–H and O–H groups in total. The number of benzene rings is 1. The van der Waals surface area contributed by atoms with Gasteiger partial charge in [0.15, 0.2) is 0 Å². The van der Waals surface area contributed by atoms with E-state index >= 15 is 0 Å². The molecule has 0 bridgehead atoms. The van der Waals surface area contributed by atoms with Gasteiger partial charge in [0, 0.05) is 25.7 Å². The zero-order valence-corrected chi connectivity index (χ0v) is 11.3. The van der Waals surface area contributed by atoms with Gasteiger partial charge in [0.2, 0.25) is 0 Å². The van der Waals surface area contributed by atoms with E-state index in [1.165, 1.54) is 25.0 Å². The average Bonchev–Trinajstić information content (AvgIpc) is 2.80. The quantitative estimate of drug-likeness (QED) is 0.898. The minimum absolute atomic E-state index is 0.568. The van der Waals surface area contributed by atoms with Gasteiger partial charge in [0.05, 0.1) is 5.56 Å². The highest BCUT2D eigenvalue weighted by atomic mass is 19.4. The lowest BCUT2D eigenvalue weighted by Crippen LogP contribution is -2.40. The molecule has 110 valence electrons. The van der Waals surface area contributed by atoms with Gasteiger partial charge in [-0.05, 0) is 43.0 Å². The van der Waals surface area contributed by atoms with Gasteiger partial charge in [-0.15, -0.1) is 0 Å². The van der Waals surface area contributed by atoms with Crippen LogP contribution in [-0.2, 0) is 12.7 Å². The molecular formula is C15H19F3N2. The lowest BCUT2D eigenvalue weighted by molar-refractivity contribution is -0.137. The first kappa shape index (κ1) is 13.9. The largest absolute Gasteiger partial charge is 0.416 e. The van der Waals surface area contributed by atoms with Crippen molar-refractivity contribution in [3.63, 3.8) is 0 Å². The molecule has 2 fully saturated rings. The van der Waals surface area contributed by atoms with Gasteiger partial charge in [-0.3, -0.25) is 4.90 Å². The van der Waals surface area contributed by atoms with Crippen LogP contribution in [-0.4, -0.2) is 30.6 Å². The lowest BCUT2D eigenvalue weighted by atomic mass is 9.94. The fourth-order valence-corrected chi connectivity index (χ4v) is 3.32. The topological polar surface area (TPSA) is 15.3 Å². The van der Waals surface area contributed by atoms with Crippen molar-refractivity contribution in [1.29, 1.82) is 0 Å². The van der Waals surface area contributed by atoms with Crippen LogP contribution in [0.1, 0.15) is 24.0 Å². The summed E-state index contributed by atoms with van der Waals surface area (Å²) in [5.41, 5.74) is 0.384. The van der Waals surface area contributed by atoms with Crippen LogP contribution in [0.3, 0.4) is 0 Å². The highest BCUT2D eigenvalue weighted by Gasteiger charge is 2.34. The zero-order chi connectivity index (χ0) is 14.2. The number of piperidine rings is 1. The Hall–Kier alpha value is -1.07. The van der Waals surface area contributed by atoms with Crippen LogP contribution in [0.15, 0.2) is 24.3 Å². The number of likely N-dealkylation sites (tertiary alicyclic amines) is 1. The number of alkyl halides is 3. The third-order valence-corrected chi connectivity index (χ3v) is 4.36. The van der Waals surface area contributed by atoms with Crippen molar-refractivity contribution in [2.75, 3.05) is 19.6 Å². The van der Waals surface area contributed by atoms with E-state index in [0.717, 1.165) is 31.7 Å². The van der Waals surface area contributed by atoms with E-state index in [9.17, 15) is 13.2 Å². The molecule has 3 rings (SSSR count). The molecule has 20 heavy (non-hydrogen) atoms. The molecule has 1 aromatic carbocycles. The summed E-state index contributed by atoms with van der Waals surface area (Å²) in [6.07, 6.45) is -1.75. The molecule has 1 aromatic rings. The number of hydrogen-bond donors (Lipinski definition) is 1. The predicted molar refractivity (Wildman–Crippen MR) is 71.2 cm³/mol. The Kier molecular flexibility index (Phi) is 3.73. The standard InChI is InChI=1S/C15H19F3N2/c16-15(17,18)13-5-3-11(4-6-13)8-20-9-12-2-1-7-19-14(12)10-20/h3-6,12,14,19H,1-2,7-10H2. The molecule has 5 heteroatoms. The number of hydrogen-bond acceptors (Lipinski definition) is 2. The number of rotatable bonds is 2. The van der Waals surface area contributed by atoms with Gasteiger partial charge in [-0.1, -0.05) is 12.1 Å². The van der Waals surface area contributed by atoms with E-state index in [1.807, 2.05) is 0 Å². The Balaban J connectivity index is 1.61. The third-order valence-electron chi connectivity index (χ3n) is 4.36.